The van der Waals surface area contributed by atoms with Gasteiger partial charge >= 0.3 is 6.03 Å². The van der Waals surface area contributed by atoms with Crippen molar-refractivity contribution in [1.29, 1.82) is 0 Å². The molecule has 2 amide bonds. The van der Waals surface area contributed by atoms with Gasteiger partial charge in [-0.2, -0.15) is 0 Å². The van der Waals surface area contributed by atoms with E-state index in [1.54, 1.807) is 0 Å². The van der Waals surface area contributed by atoms with E-state index in [0.717, 1.165) is 55.4 Å². The standard InChI is InChI=1S/C20H30N4O2/c1-14-8-9-16-18(15(14)2)24-17(23-16)7-6-12-21-19(25)22-13-20(26)10-4-3-5-11-20/h8-9,26H,3-7,10-13H2,1-2H3,(H,23,24)(H2,21,22,25). The summed E-state index contributed by atoms with van der Waals surface area (Å²) in [6, 6.07) is 3.96. The number of imidazole rings is 1. The van der Waals surface area contributed by atoms with Crippen LogP contribution in [-0.4, -0.2) is 39.8 Å². The quantitative estimate of drug-likeness (QED) is 0.598. The van der Waals surface area contributed by atoms with Crippen LogP contribution >= 0.6 is 0 Å². The maximum Gasteiger partial charge on any atom is 0.314 e. The van der Waals surface area contributed by atoms with Crippen LogP contribution in [0.1, 0.15) is 55.5 Å². The van der Waals surface area contributed by atoms with Crippen LogP contribution in [0, 0.1) is 13.8 Å². The molecule has 3 rings (SSSR count). The Morgan fingerprint density at radius 2 is 2.00 bits per heavy atom. The minimum atomic E-state index is -0.722. The molecule has 0 atom stereocenters. The molecule has 0 saturated heterocycles. The zero-order valence-corrected chi connectivity index (χ0v) is 15.8. The number of hydrogen-bond acceptors (Lipinski definition) is 3. The van der Waals surface area contributed by atoms with Crippen LogP contribution in [0.2, 0.25) is 0 Å². The summed E-state index contributed by atoms with van der Waals surface area (Å²) in [6.45, 7) is 5.10. The van der Waals surface area contributed by atoms with Gasteiger partial charge in [-0.05, 0) is 50.3 Å². The lowest BCUT2D eigenvalue weighted by Gasteiger charge is -2.32. The Bertz CT molecular complexity index is 763. The van der Waals surface area contributed by atoms with Crippen LogP contribution in [0.15, 0.2) is 12.1 Å². The van der Waals surface area contributed by atoms with E-state index in [-0.39, 0.29) is 6.03 Å². The van der Waals surface area contributed by atoms with Gasteiger partial charge < -0.3 is 20.7 Å². The molecule has 1 aromatic carbocycles. The third-order valence-electron chi connectivity index (χ3n) is 5.47. The first-order chi connectivity index (χ1) is 12.5. The first kappa shape index (κ1) is 18.7. The first-order valence-corrected chi connectivity index (χ1v) is 9.66. The van der Waals surface area contributed by atoms with E-state index >= 15 is 0 Å². The summed E-state index contributed by atoms with van der Waals surface area (Å²) in [5.74, 6) is 0.951. The Morgan fingerprint density at radius 1 is 1.23 bits per heavy atom. The van der Waals surface area contributed by atoms with Crippen molar-refractivity contribution < 1.29 is 9.90 Å². The van der Waals surface area contributed by atoms with Gasteiger partial charge in [0.1, 0.15) is 5.82 Å². The highest BCUT2D eigenvalue weighted by atomic mass is 16.3. The molecular weight excluding hydrogens is 328 g/mol. The monoisotopic (exact) mass is 358 g/mol. The number of aromatic nitrogens is 2. The molecule has 1 aromatic heterocycles. The molecule has 0 bridgehead atoms. The van der Waals surface area contributed by atoms with Crippen molar-refractivity contribution in [2.75, 3.05) is 13.1 Å². The van der Waals surface area contributed by atoms with Crippen LogP contribution < -0.4 is 10.6 Å². The summed E-state index contributed by atoms with van der Waals surface area (Å²) in [7, 11) is 0. The molecule has 6 nitrogen and oxygen atoms in total. The summed E-state index contributed by atoms with van der Waals surface area (Å²) in [5.41, 5.74) is 3.83. The summed E-state index contributed by atoms with van der Waals surface area (Å²) >= 11 is 0. The van der Waals surface area contributed by atoms with Crippen LogP contribution in [0.4, 0.5) is 4.79 Å². The topological polar surface area (TPSA) is 90.0 Å². The zero-order valence-electron chi connectivity index (χ0n) is 15.8. The number of benzene rings is 1. The van der Waals surface area contributed by atoms with Gasteiger partial charge in [-0.25, -0.2) is 9.78 Å². The molecule has 26 heavy (non-hydrogen) atoms. The van der Waals surface area contributed by atoms with Crippen molar-refractivity contribution in [3.8, 4) is 0 Å². The number of nitrogens with one attached hydrogen (secondary N) is 3. The fourth-order valence-electron chi connectivity index (χ4n) is 3.63. The smallest absolute Gasteiger partial charge is 0.314 e. The van der Waals surface area contributed by atoms with Gasteiger partial charge in [0.2, 0.25) is 0 Å². The molecule has 1 fully saturated rings. The van der Waals surface area contributed by atoms with Gasteiger partial charge in [-0.15, -0.1) is 0 Å². The van der Waals surface area contributed by atoms with Gasteiger partial charge in [0.25, 0.3) is 0 Å². The van der Waals surface area contributed by atoms with Gasteiger partial charge in [-0.3, -0.25) is 0 Å². The van der Waals surface area contributed by atoms with Crippen LogP contribution in [0.25, 0.3) is 11.0 Å². The summed E-state index contributed by atoms with van der Waals surface area (Å²) in [4.78, 5) is 19.9. The van der Waals surface area contributed by atoms with E-state index in [4.69, 9.17) is 0 Å². The van der Waals surface area contributed by atoms with Crippen molar-refractivity contribution in [3.63, 3.8) is 0 Å². The second-order valence-corrected chi connectivity index (χ2v) is 7.59. The Labute approximate surface area is 154 Å². The highest BCUT2D eigenvalue weighted by Crippen LogP contribution is 2.27. The minimum Gasteiger partial charge on any atom is -0.388 e. The molecule has 1 aliphatic rings. The fraction of sp³-hybridized carbons (Fsp3) is 0.600. The fourth-order valence-corrected chi connectivity index (χ4v) is 3.63. The lowest BCUT2D eigenvalue weighted by Crippen LogP contribution is -2.47. The number of aromatic amines is 1. The molecule has 0 radical (unpaired) electrons. The van der Waals surface area contributed by atoms with Crippen molar-refractivity contribution in [2.24, 2.45) is 0 Å². The van der Waals surface area contributed by atoms with Gasteiger partial charge in [-0.1, -0.05) is 25.3 Å². The number of amides is 2. The number of carbonyl (C=O) groups is 1. The molecule has 1 aliphatic carbocycles. The van der Waals surface area contributed by atoms with Crippen molar-refractivity contribution >= 4 is 17.1 Å². The number of hydrogen-bond donors (Lipinski definition) is 4. The van der Waals surface area contributed by atoms with Crippen LogP contribution in [0.5, 0.6) is 0 Å². The van der Waals surface area contributed by atoms with E-state index in [1.165, 1.54) is 17.5 Å². The molecule has 142 valence electrons. The first-order valence-electron chi connectivity index (χ1n) is 9.66. The zero-order chi connectivity index (χ0) is 18.6. The van der Waals surface area contributed by atoms with Gasteiger partial charge in [0.05, 0.1) is 16.6 Å². The number of rotatable bonds is 6. The molecule has 0 unspecified atom stereocenters. The normalized spacial score (nSPS) is 16.6. The number of carbonyl (C=O) groups excluding carboxylic acids is 1. The highest BCUT2D eigenvalue weighted by Gasteiger charge is 2.29. The number of H-pyrrole nitrogens is 1. The van der Waals surface area contributed by atoms with E-state index in [2.05, 4.69) is 46.6 Å². The molecule has 0 spiro atoms. The van der Waals surface area contributed by atoms with Crippen molar-refractivity contribution in [3.05, 3.63) is 29.1 Å². The summed E-state index contributed by atoms with van der Waals surface area (Å²) in [5, 5.41) is 16.1. The molecule has 2 aromatic rings. The number of nitrogens with zero attached hydrogens (tertiary/aromatic N) is 1. The third kappa shape index (κ3) is 4.55. The van der Waals surface area contributed by atoms with Crippen LogP contribution in [-0.2, 0) is 6.42 Å². The Hall–Kier alpha value is -2.08. The van der Waals surface area contributed by atoms with E-state index in [9.17, 15) is 9.90 Å². The third-order valence-corrected chi connectivity index (χ3v) is 5.47. The molecule has 6 heteroatoms. The highest BCUT2D eigenvalue weighted by molar-refractivity contribution is 5.79. The molecular formula is C20H30N4O2. The number of aliphatic hydroxyl groups is 1. The predicted octanol–water partition coefficient (Wildman–Crippen LogP) is 3.11. The minimum absolute atomic E-state index is 0.208. The van der Waals surface area contributed by atoms with E-state index in [1.807, 2.05) is 0 Å². The molecule has 4 N–H and O–H groups in total. The van der Waals surface area contributed by atoms with Gasteiger partial charge in [0, 0.05) is 19.5 Å². The number of aryl methyl sites for hydroxylation is 3. The second-order valence-electron chi connectivity index (χ2n) is 7.59. The Kier molecular flexibility index (Phi) is 5.81. The van der Waals surface area contributed by atoms with E-state index < -0.39 is 5.60 Å². The van der Waals surface area contributed by atoms with Crippen LogP contribution in [0.3, 0.4) is 0 Å². The largest absolute Gasteiger partial charge is 0.388 e. The van der Waals surface area contributed by atoms with Gasteiger partial charge in [0.15, 0.2) is 0 Å². The lowest BCUT2D eigenvalue weighted by molar-refractivity contribution is 0.00720. The predicted molar refractivity (Wildman–Crippen MR) is 103 cm³/mol. The Morgan fingerprint density at radius 3 is 2.77 bits per heavy atom. The van der Waals surface area contributed by atoms with Crippen molar-refractivity contribution in [1.82, 2.24) is 20.6 Å². The Balaban J connectivity index is 1.40. The summed E-state index contributed by atoms with van der Waals surface area (Å²) < 4.78 is 0. The summed E-state index contributed by atoms with van der Waals surface area (Å²) in [6.07, 6.45) is 6.41. The van der Waals surface area contributed by atoms with Crippen molar-refractivity contribution in [2.45, 2.75) is 64.4 Å². The second kappa shape index (κ2) is 8.08. The molecule has 1 saturated carbocycles. The average molecular weight is 358 g/mol. The SMILES string of the molecule is Cc1ccc2[nH]c(CCCNC(=O)NCC3(O)CCCCC3)nc2c1C. The number of fused-ring (bicyclic) bond motifs is 1. The molecule has 1 heterocycles. The van der Waals surface area contributed by atoms with E-state index in [0.29, 0.717) is 13.1 Å². The lowest BCUT2D eigenvalue weighted by atomic mass is 9.85. The maximum atomic E-state index is 11.9. The maximum absolute atomic E-state index is 11.9. The average Bonchev–Trinajstić information content (AvgIpc) is 3.05. The molecule has 0 aliphatic heterocycles. The number of urea groups is 1.